The quantitative estimate of drug-likeness (QED) is 0.302. The van der Waals surface area contributed by atoms with Crippen LogP contribution in [-0.2, 0) is 18.4 Å². The Morgan fingerprint density at radius 2 is 1.71 bits per heavy atom. The average Bonchev–Trinajstić information content (AvgIpc) is 3.13. The molecule has 0 unspecified atom stereocenters. The van der Waals surface area contributed by atoms with Gasteiger partial charge in [0.15, 0.2) is 5.16 Å². The average molecular weight is 483 g/mol. The van der Waals surface area contributed by atoms with Crippen molar-refractivity contribution in [3.8, 4) is 17.2 Å². The van der Waals surface area contributed by atoms with E-state index >= 15 is 0 Å². The van der Waals surface area contributed by atoms with Crippen LogP contribution in [0.3, 0.4) is 0 Å². The zero-order valence-electron chi connectivity index (χ0n) is 19.7. The molecule has 2 heterocycles. The zero-order valence-corrected chi connectivity index (χ0v) is 20.5. The van der Waals surface area contributed by atoms with E-state index in [-0.39, 0.29) is 17.2 Å². The number of amides is 1. The Labute approximate surface area is 200 Å². The van der Waals surface area contributed by atoms with Crippen LogP contribution in [0.1, 0.15) is 6.92 Å². The molecule has 4 rings (SSSR count). The third-order valence-corrected chi connectivity index (χ3v) is 6.53. The maximum atomic E-state index is 13.3. The Hall–Kier alpha value is -3.66. The van der Waals surface area contributed by atoms with Gasteiger partial charge in [-0.3, -0.25) is 14.2 Å². The van der Waals surface area contributed by atoms with Crippen LogP contribution in [0.5, 0.6) is 17.2 Å². The standard InChI is InChI=1S/C24H26N4O5S/c1-6-28-23(30)22-21(18-12-15(31-3)7-8-19(18)27(22)2)26-24(28)34-13-20(29)25-14-9-16(32-4)11-17(10-14)33-5/h7-12H,6,13H2,1-5H3,(H,25,29). The first-order chi connectivity index (χ1) is 16.4. The number of carbonyl (C=O) groups is 1. The lowest BCUT2D eigenvalue weighted by Gasteiger charge is -2.12. The van der Waals surface area contributed by atoms with Gasteiger partial charge in [0.05, 0.1) is 32.6 Å². The van der Waals surface area contributed by atoms with Crippen LogP contribution in [0.25, 0.3) is 21.9 Å². The van der Waals surface area contributed by atoms with E-state index in [0.717, 1.165) is 10.9 Å². The summed E-state index contributed by atoms with van der Waals surface area (Å²) in [6.07, 6.45) is 0. The predicted octanol–water partition coefficient (Wildman–Crippen LogP) is 3.66. The number of benzene rings is 2. The van der Waals surface area contributed by atoms with Gasteiger partial charge < -0.3 is 24.1 Å². The number of fused-ring (bicyclic) bond motifs is 3. The number of carbonyl (C=O) groups excluding carboxylic acids is 1. The summed E-state index contributed by atoms with van der Waals surface area (Å²) in [7, 11) is 6.54. The topological polar surface area (TPSA) is 96.6 Å². The fourth-order valence-corrected chi connectivity index (χ4v) is 4.71. The van der Waals surface area contributed by atoms with Gasteiger partial charge in [-0.05, 0) is 25.1 Å². The summed E-state index contributed by atoms with van der Waals surface area (Å²) in [4.78, 5) is 30.8. The van der Waals surface area contributed by atoms with Gasteiger partial charge in [-0.1, -0.05) is 11.8 Å². The van der Waals surface area contributed by atoms with Gasteiger partial charge in [-0.15, -0.1) is 0 Å². The number of nitrogens with zero attached hydrogens (tertiary/aromatic N) is 3. The summed E-state index contributed by atoms with van der Waals surface area (Å²) >= 11 is 1.21. The summed E-state index contributed by atoms with van der Waals surface area (Å²) < 4.78 is 19.3. The van der Waals surface area contributed by atoms with E-state index in [2.05, 4.69) is 5.32 Å². The highest BCUT2D eigenvalue weighted by atomic mass is 32.2. The highest BCUT2D eigenvalue weighted by Crippen LogP contribution is 2.30. The zero-order chi connectivity index (χ0) is 24.4. The molecule has 10 heteroatoms. The number of aromatic nitrogens is 3. The highest BCUT2D eigenvalue weighted by molar-refractivity contribution is 7.99. The second-order valence-corrected chi connectivity index (χ2v) is 8.46. The molecule has 0 saturated heterocycles. The molecule has 0 radical (unpaired) electrons. The normalized spacial score (nSPS) is 11.1. The number of nitrogens with one attached hydrogen (secondary N) is 1. The first kappa shape index (κ1) is 23.5. The SMILES string of the molecule is CCn1c(SCC(=O)Nc2cc(OC)cc(OC)c2)nc2c3cc(OC)ccc3n(C)c2c1=O. The fraction of sp³-hybridized carbons (Fsp3) is 0.292. The lowest BCUT2D eigenvalue weighted by atomic mass is 10.2. The molecule has 0 aliphatic carbocycles. The predicted molar refractivity (Wildman–Crippen MR) is 134 cm³/mol. The van der Waals surface area contributed by atoms with Crippen molar-refractivity contribution >= 4 is 45.3 Å². The van der Waals surface area contributed by atoms with Crippen LogP contribution in [0.15, 0.2) is 46.3 Å². The highest BCUT2D eigenvalue weighted by Gasteiger charge is 2.19. The summed E-state index contributed by atoms with van der Waals surface area (Å²) in [5.74, 6) is 1.66. The molecular formula is C24H26N4O5S. The maximum absolute atomic E-state index is 13.3. The lowest BCUT2D eigenvalue weighted by molar-refractivity contribution is -0.113. The van der Waals surface area contributed by atoms with E-state index < -0.39 is 0 Å². The van der Waals surface area contributed by atoms with Crippen LogP contribution in [0, 0.1) is 0 Å². The van der Waals surface area contributed by atoms with E-state index in [9.17, 15) is 9.59 Å². The Morgan fingerprint density at radius 1 is 1.03 bits per heavy atom. The third kappa shape index (κ3) is 4.28. The fourth-order valence-electron chi connectivity index (χ4n) is 3.86. The number of aryl methyl sites for hydroxylation is 1. The van der Waals surface area contributed by atoms with Gasteiger partial charge in [0.2, 0.25) is 5.91 Å². The van der Waals surface area contributed by atoms with Gasteiger partial charge in [-0.2, -0.15) is 0 Å². The Balaban J connectivity index is 1.66. The van der Waals surface area contributed by atoms with Crippen molar-refractivity contribution < 1.29 is 19.0 Å². The minimum Gasteiger partial charge on any atom is -0.497 e. The van der Waals surface area contributed by atoms with Gasteiger partial charge in [0.25, 0.3) is 5.56 Å². The molecule has 9 nitrogen and oxygen atoms in total. The minimum absolute atomic E-state index is 0.0750. The van der Waals surface area contributed by atoms with Crippen molar-refractivity contribution in [2.45, 2.75) is 18.6 Å². The molecule has 1 amide bonds. The molecule has 0 spiro atoms. The first-order valence-electron chi connectivity index (χ1n) is 10.6. The Morgan fingerprint density at radius 3 is 2.32 bits per heavy atom. The summed E-state index contributed by atoms with van der Waals surface area (Å²) in [5, 5.41) is 4.15. The van der Waals surface area contributed by atoms with E-state index in [0.29, 0.717) is 45.7 Å². The molecule has 0 aliphatic heterocycles. The number of hydrogen-bond donors (Lipinski definition) is 1. The third-order valence-electron chi connectivity index (χ3n) is 5.55. The van der Waals surface area contributed by atoms with Crippen molar-refractivity contribution in [3.63, 3.8) is 0 Å². The van der Waals surface area contributed by atoms with E-state index in [1.807, 2.05) is 36.7 Å². The van der Waals surface area contributed by atoms with Crippen molar-refractivity contribution in [3.05, 3.63) is 46.8 Å². The molecule has 1 N–H and O–H groups in total. The number of anilines is 1. The lowest BCUT2D eigenvalue weighted by Crippen LogP contribution is -2.24. The minimum atomic E-state index is -0.239. The van der Waals surface area contributed by atoms with Crippen LogP contribution in [0.2, 0.25) is 0 Å². The van der Waals surface area contributed by atoms with Crippen LogP contribution in [-0.4, -0.2) is 47.1 Å². The molecule has 34 heavy (non-hydrogen) atoms. The van der Waals surface area contributed by atoms with Gasteiger partial charge >= 0.3 is 0 Å². The molecule has 0 bridgehead atoms. The van der Waals surface area contributed by atoms with Gasteiger partial charge in [-0.25, -0.2) is 4.98 Å². The van der Waals surface area contributed by atoms with Gasteiger partial charge in [0, 0.05) is 42.9 Å². The van der Waals surface area contributed by atoms with Crippen molar-refractivity contribution in [1.29, 1.82) is 0 Å². The number of hydrogen-bond acceptors (Lipinski definition) is 7. The van der Waals surface area contributed by atoms with Crippen molar-refractivity contribution in [1.82, 2.24) is 14.1 Å². The van der Waals surface area contributed by atoms with Crippen LogP contribution >= 0.6 is 11.8 Å². The number of thioether (sulfide) groups is 1. The molecule has 4 aromatic rings. The summed E-state index contributed by atoms with van der Waals surface area (Å²) in [6.45, 7) is 2.32. The number of rotatable bonds is 8. The molecule has 0 saturated carbocycles. The Bertz CT molecular complexity index is 1420. The molecule has 2 aromatic carbocycles. The summed E-state index contributed by atoms with van der Waals surface area (Å²) in [6, 6.07) is 10.8. The largest absolute Gasteiger partial charge is 0.497 e. The molecule has 2 aromatic heterocycles. The molecular weight excluding hydrogens is 456 g/mol. The summed E-state index contributed by atoms with van der Waals surface area (Å²) in [5.41, 5.74) is 2.40. The van der Waals surface area contributed by atoms with Crippen LogP contribution in [0.4, 0.5) is 5.69 Å². The van der Waals surface area contributed by atoms with Crippen molar-refractivity contribution in [2.24, 2.45) is 7.05 Å². The second-order valence-electron chi connectivity index (χ2n) is 7.52. The molecule has 0 atom stereocenters. The maximum Gasteiger partial charge on any atom is 0.278 e. The number of methoxy groups -OCH3 is 3. The Kier molecular flexibility index (Phi) is 6.69. The monoisotopic (exact) mass is 482 g/mol. The van der Waals surface area contributed by atoms with Crippen molar-refractivity contribution in [2.75, 3.05) is 32.4 Å². The van der Waals surface area contributed by atoms with Crippen LogP contribution < -0.4 is 25.1 Å². The van der Waals surface area contributed by atoms with E-state index in [4.69, 9.17) is 19.2 Å². The van der Waals surface area contributed by atoms with E-state index in [1.165, 1.54) is 11.8 Å². The number of ether oxygens (including phenoxy) is 3. The van der Waals surface area contributed by atoms with E-state index in [1.54, 1.807) is 44.1 Å². The smallest absolute Gasteiger partial charge is 0.278 e. The second kappa shape index (κ2) is 9.68. The van der Waals surface area contributed by atoms with Gasteiger partial charge in [0.1, 0.15) is 28.3 Å². The molecule has 178 valence electrons. The molecule has 0 fully saturated rings. The molecule has 0 aliphatic rings. The first-order valence-corrected chi connectivity index (χ1v) is 11.6.